The van der Waals surface area contributed by atoms with E-state index in [1.165, 1.54) is 4.31 Å². The number of esters is 1. The summed E-state index contributed by atoms with van der Waals surface area (Å²) < 4.78 is 44.0. The molecule has 1 fully saturated rings. The number of fused-ring (bicyclic) bond motifs is 1. The van der Waals surface area contributed by atoms with Crippen LogP contribution in [0.4, 0.5) is 0 Å². The third kappa shape index (κ3) is 4.54. The largest absolute Gasteiger partial charge is 0.457 e. The van der Waals surface area contributed by atoms with E-state index in [1.807, 2.05) is 33.8 Å². The molecule has 0 spiro atoms. The van der Waals surface area contributed by atoms with Gasteiger partial charge < -0.3 is 14.2 Å². The van der Waals surface area contributed by atoms with E-state index in [0.29, 0.717) is 34.8 Å². The molecule has 34 heavy (non-hydrogen) atoms. The fraction of sp³-hybridized carbons (Fsp3) is 0.440. The van der Waals surface area contributed by atoms with E-state index in [-0.39, 0.29) is 32.3 Å². The number of rotatable bonds is 6. The second kappa shape index (κ2) is 9.38. The van der Waals surface area contributed by atoms with Gasteiger partial charge in [-0.2, -0.15) is 4.31 Å². The van der Waals surface area contributed by atoms with Crippen LogP contribution in [0.5, 0.6) is 11.5 Å². The van der Waals surface area contributed by atoms with E-state index < -0.39 is 21.9 Å². The molecule has 0 amide bonds. The third-order valence-electron chi connectivity index (χ3n) is 6.72. The number of nitrogens with zero attached hydrogens (tertiary/aromatic N) is 1. The molecule has 8 nitrogen and oxygen atoms in total. The van der Waals surface area contributed by atoms with Crippen LogP contribution in [0.15, 0.2) is 29.2 Å². The summed E-state index contributed by atoms with van der Waals surface area (Å²) in [6.07, 6.45) is 0.693. The summed E-state index contributed by atoms with van der Waals surface area (Å²) in [7, 11) is -3.68. The Bertz CT molecular complexity index is 1220. The van der Waals surface area contributed by atoms with Crippen LogP contribution in [0.2, 0.25) is 0 Å². The molecule has 1 saturated heterocycles. The second-order valence-electron chi connectivity index (χ2n) is 8.87. The van der Waals surface area contributed by atoms with E-state index in [1.54, 1.807) is 18.2 Å². The lowest BCUT2D eigenvalue weighted by Crippen LogP contribution is -2.41. The molecule has 9 heteroatoms. The van der Waals surface area contributed by atoms with E-state index in [4.69, 9.17) is 14.2 Å². The Kier molecular flexibility index (Phi) is 6.69. The molecule has 2 aromatic rings. The fourth-order valence-electron chi connectivity index (χ4n) is 4.44. The van der Waals surface area contributed by atoms with Crippen molar-refractivity contribution in [2.75, 3.05) is 26.5 Å². The van der Waals surface area contributed by atoms with E-state index in [2.05, 4.69) is 0 Å². The normalized spacial score (nSPS) is 16.5. The predicted octanol–water partition coefficient (Wildman–Crippen LogP) is 3.48. The van der Waals surface area contributed by atoms with Crippen molar-refractivity contribution in [1.29, 1.82) is 0 Å². The van der Waals surface area contributed by atoms with Crippen LogP contribution in [0, 0.1) is 33.6 Å². The van der Waals surface area contributed by atoms with Crippen LogP contribution in [-0.2, 0) is 19.6 Å². The number of carbonyl (C=O) groups excluding carboxylic acids is 2. The molecule has 0 radical (unpaired) electrons. The summed E-state index contributed by atoms with van der Waals surface area (Å²) in [5.74, 6) is -0.212. The van der Waals surface area contributed by atoms with E-state index in [9.17, 15) is 18.0 Å². The number of aryl methyl sites for hydroxylation is 2. The Morgan fingerprint density at radius 3 is 2.24 bits per heavy atom. The number of piperidine rings is 1. The van der Waals surface area contributed by atoms with Gasteiger partial charge in [0.1, 0.15) is 0 Å². The van der Waals surface area contributed by atoms with Gasteiger partial charge in [-0.1, -0.05) is 6.07 Å². The minimum absolute atomic E-state index is 0.110. The lowest BCUT2D eigenvalue weighted by atomic mass is 9.98. The zero-order chi connectivity index (χ0) is 24.6. The fourth-order valence-corrected chi connectivity index (χ4v) is 6.48. The molecule has 0 atom stereocenters. The SMILES string of the molecule is Cc1cc(C)c(C)c(S(=O)(=O)N2CCC(C(=O)OCC(=O)c3ccc4c(c3)OCO4)CC2)c1C. The summed E-state index contributed by atoms with van der Waals surface area (Å²) in [5.41, 5.74) is 3.76. The maximum absolute atomic E-state index is 13.4. The van der Waals surface area contributed by atoms with Gasteiger partial charge in [0.25, 0.3) is 0 Å². The molecule has 0 N–H and O–H groups in total. The van der Waals surface area contributed by atoms with Gasteiger partial charge >= 0.3 is 5.97 Å². The number of benzene rings is 2. The van der Waals surface area contributed by atoms with Gasteiger partial charge in [0, 0.05) is 18.7 Å². The number of sulfonamides is 1. The monoisotopic (exact) mass is 487 g/mol. The van der Waals surface area contributed by atoms with Crippen LogP contribution in [0.1, 0.15) is 45.5 Å². The first-order chi connectivity index (χ1) is 16.1. The lowest BCUT2D eigenvalue weighted by Gasteiger charge is -2.31. The Balaban J connectivity index is 1.35. The zero-order valence-corrected chi connectivity index (χ0v) is 20.7. The Labute approximate surface area is 199 Å². The second-order valence-corrected chi connectivity index (χ2v) is 10.7. The lowest BCUT2D eigenvalue weighted by molar-refractivity contribution is -0.148. The number of hydrogen-bond donors (Lipinski definition) is 0. The average Bonchev–Trinajstić information content (AvgIpc) is 3.29. The Morgan fingerprint density at radius 2 is 1.59 bits per heavy atom. The smallest absolute Gasteiger partial charge is 0.309 e. The van der Waals surface area contributed by atoms with E-state index >= 15 is 0 Å². The minimum Gasteiger partial charge on any atom is -0.457 e. The molecule has 182 valence electrons. The van der Waals surface area contributed by atoms with Crippen molar-refractivity contribution in [3.63, 3.8) is 0 Å². The molecule has 0 aromatic heterocycles. The molecule has 0 saturated carbocycles. The Hall–Kier alpha value is -2.91. The van der Waals surface area contributed by atoms with Crippen LogP contribution in [0.3, 0.4) is 0 Å². The predicted molar refractivity (Wildman–Crippen MR) is 125 cm³/mol. The topological polar surface area (TPSA) is 99.2 Å². The molecular formula is C25H29NO7S. The van der Waals surface area contributed by atoms with Gasteiger partial charge in [-0.15, -0.1) is 0 Å². The standard InChI is InChI=1S/C25H29NO7S/c1-15-11-16(2)18(4)24(17(15)3)34(29,30)26-9-7-19(8-10-26)25(28)31-13-21(27)20-5-6-22-23(12-20)33-14-32-22/h5-6,11-12,19H,7-10,13-14H2,1-4H3. The molecule has 2 aliphatic rings. The summed E-state index contributed by atoms with van der Waals surface area (Å²) in [6.45, 7) is 7.67. The molecule has 2 heterocycles. The number of ketones is 1. The highest BCUT2D eigenvalue weighted by atomic mass is 32.2. The van der Waals surface area contributed by atoms with Crippen molar-refractivity contribution in [2.45, 2.75) is 45.4 Å². The molecule has 2 aromatic carbocycles. The van der Waals surface area contributed by atoms with Crippen molar-refractivity contribution in [1.82, 2.24) is 4.31 Å². The van der Waals surface area contributed by atoms with Gasteiger partial charge in [0.2, 0.25) is 16.8 Å². The summed E-state index contributed by atoms with van der Waals surface area (Å²) in [4.78, 5) is 25.3. The van der Waals surface area contributed by atoms with Crippen LogP contribution in [-0.4, -0.2) is 51.0 Å². The molecule has 4 rings (SSSR count). The highest BCUT2D eigenvalue weighted by Gasteiger charge is 2.35. The molecule has 0 unspecified atom stereocenters. The first kappa shape index (κ1) is 24.2. The quantitative estimate of drug-likeness (QED) is 0.454. The number of hydrogen-bond acceptors (Lipinski definition) is 7. The van der Waals surface area contributed by atoms with Crippen molar-refractivity contribution in [2.24, 2.45) is 5.92 Å². The Morgan fingerprint density at radius 1 is 0.971 bits per heavy atom. The van der Waals surface area contributed by atoms with Crippen LogP contribution < -0.4 is 9.47 Å². The number of ether oxygens (including phenoxy) is 3. The van der Waals surface area contributed by atoms with Gasteiger partial charge in [-0.05, 0) is 81.0 Å². The third-order valence-corrected chi connectivity index (χ3v) is 8.90. The van der Waals surface area contributed by atoms with Crippen molar-refractivity contribution in [3.05, 3.63) is 52.1 Å². The number of Topliss-reactive ketones (excluding diaryl/α,β-unsaturated/α-hetero) is 1. The van der Waals surface area contributed by atoms with Crippen molar-refractivity contribution >= 4 is 21.8 Å². The van der Waals surface area contributed by atoms with Crippen LogP contribution >= 0.6 is 0 Å². The van der Waals surface area contributed by atoms with Gasteiger partial charge in [-0.25, -0.2) is 8.42 Å². The maximum Gasteiger partial charge on any atom is 0.309 e. The molecule has 2 aliphatic heterocycles. The summed E-state index contributed by atoms with van der Waals surface area (Å²) >= 11 is 0. The summed E-state index contributed by atoms with van der Waals surface area (Å²) in [6, 6.07) is 6.81. The van der Waals surface area contributed by atoms with Gasteiger partial charge in [-0.3, -0.25) is 9.59 Å². The minimum atomic E-state index is -3.68. The molecule has 0 aliphatic carbocycles. The van der Waals surface area contributed by atoms with Gasteiger partial charge in [0.05, 0.1) is 10.8 Å². The van der Waals surface area contributed by atoms with Gasteiger partial charge in [0.15, 0.2) is 23.9 Å². The highest BCUT2D eigenvalue weighted by molar-refractivity contribution is 7.89. The molecule has 0 bridgehead atoms. The first-order valence-electron chi connectivity index (χ1n) is 11.3. The molecular weight excluding hydrogens is 458 g/mol. The maximum atomic E-state index is 13.4. The van der Waals surface area contributed by atoms with Crippen LogP contribution in [0.25, 0.3) is 0 Å². The highest BCUT2D eigenvalue weighted by Crippen LogP contribution is 2.33. The average molecular weight is 488 g/mol. The van der Waals surface area contributed by atoms with Crippen molar-refractivity contribution < 1.29 is 32.2 Å². The zero-order valence-electron chi connectivity index (χ0n) is 19.8. The van der Waals surface area contributed by atoms with Crippen molar-refractivity contribution in [3.8, 4) is 11.5 Å². The summed E-state index contributed by atoms with van der Waals surface area (Å²) in [5, 5.41) is 0. The first-order valence-corrected chi connectivity index (χ1v) is 12.7. The number of carbonyl (C=O) groups is 2. The van der Waals surface area contributed by atoms with E-state index in [0.717, 1.165) is 22.3 Å².